The molecule has 0 unspecified atom stereocenters. The molecule has 7 nitrogen and oxygen atoms in total. The number of carbonyl (C=O) groups is 1. The summed E-state index contributed by atoms with van der Waals surface area (Å²) in [5.74, 6) is 3.22. The van der Waals surface area contributed by atoms with Crippen molar-refractivity contribution in [1.82, 2.24) is 20.4 Å². The molecule has 7 heteroatoms. The molecule has 0 aromatic carbocycles. The van der Waals surface area contributed by atoms with Crippen molar-refractivity contribution in [3.05, 3.63) is 11.7 Å². The second-order valence-electron chi connectivity index (χ2n) is 8.77. The third-order valence-corrected chi connectivity index (χ3v) is 5.41. The average Bonchev–Trinajstić information content (AvgIpc) is 2.95. The standard InChI is InChI=1S/C18H28N4O3/c1-18(2,3)24-17(23)19-14-7-6-12-8-22(9-13(12)14)10-15-20-16(25-21-15)11-4-5-11/h11-14H,4-10H2,1-3H3,(H,19,23)/t12-,13-,14+/m0/s1. The van der Waals surface area contributed by atoms with Crippen LogP contribution in [0.4, 0.5) is 4.79 Å². The molecule has 4 rings (SSSR count). The van der Waals surface area contributed by atoms with Crippen molar-refractivity contribution in [2.45, 2.75) is 70.6 Å². The van der Waals surface area contributed by atoms with E-state index in [-0.39, 0.29) is 12.1 Å². The van der Waals surface area contributed by atoms with Crippen molar-refractivity contribution >= 4 is 6.09 Å². The molecule has 1 N–H and O–H groups in total. The third kappa shape index (κ3) is 3.97. The van der Waals surface area contributed by atoms with Crippen LogP contribution in [-0.2, 0) is 11.3 Å². The fourth-order valence-corrected chi connectivity index (χ4v) is 4.15. The highest BCUT2D eigenvalue weighted by molar-refractivity contribution is 5.68. The molecular formula is C18H28N4O3. The van der Waals surface area contributed by atoms with Gasteiger partial charge in [-0.25, -0.2) is 4.79 Å². The number of likely N-dealkylation sites (tertiary alicyclic amines) is 1. The topological polar surface area (TPSA) is 80.5 Å². The van der Waals surface area contributed by atoms with Crippen molar-refractivity contribution in [2.24, 2.45) is 11.8 Å². The number of hydrogen-bond donors (Lipinski definition) is 1. The first kappa shape index (κ1) is 16.8. The van der Waals surface area contributed by atoms with E-state index in [4.69, 9.17) is 9.26 Å². The molecule has 0 bridgehead atoms. The van der Waals surface area contributed by atoms with Crippen molar-refractivity contribution in [2.75, 3.05) is 13.1 Å². The summed E-state index contributed by atoms with van der Waals surface area (Å²) in [6.45, 7) is 8.43. The van der Waals surface area contributed by atoms with Gasteiger partial charge in [0.25, 0.3) is 0 Å². The lowest BCUT2D eigenvalue weighted by Gasteiger charge is -2.24. The molecule has 3 fully saturated rings. The zero-order valence-corrected chi connectivity index (χ0v) is 15.3. The van der Waals surface area contributed by atoms with Crippen LogP contribution < -0.4 is 5.32 Å². The lowest BCUT2D eigenvalue weighted by Crippen LogP contribution is -2.42. The van der Waals surface area contributed by atoms with Crippen LogP contribution in [0, 0.1) is 11.8 Å². The minimum absolute atomic E-state index is 0.206. The maximum Gasteiger partial charge on any atom is 0.407 e. The van der Waals surface area contributed by atoms with Crippen LogP contribution in [0.15, 0.2) is 4.52 Å². The second-order valence-corrected chi connectivity index (χ2v) is 8.77. The first-order valence-electron chi connectivity index (χ1n) is 9.42. The van der Waals surface area contributed by atoms with Crippen LogP contribution in [0.1, 0.15) is 64.1 Å². The number of fused-ring (bicyclic) bond motifs is 1. The van der Waals surface area contributed by atoms with Crippen LogP contribution in [0.3, 0.4) is 0 Å². The number of hydrogen-bond acceptors (Lipinski definition) is 6. The Labute approximate surface area is 148 Å². The van der Waals surface area contributed by atoms with E-state index in [1.165, 1.54) is 12.8 Å². The van der Waals surface area contributed by atoms with Crippen LogP contribution in [0.25, 0.3) is 0 Å². The van der Waals surface area contributed by atoms with Gasteiger partial charge in [0.2, 0.25) is 5.89 Å². The van der Waals surface area contributed by atoms with Gasteiger partial charge >= 0.3 is 6.09 Å². The molecule has 1 amide bonds. The van der Waals surface area contributed by atoms with Crippen LogP contribution in [0.5, 0.6) is 0 Å². The molecule has 2 heterocycles. The molecule has 0 radical (unpaired) electrons. The van der Waals surface area contributed by atoms with E-state index >= 15 is 0 Å². The highest BCUT2D eigenvalue weighted by atomic mass is 16.6. The summed E-state index contributed by atoms with van der Waals surface area (Å²) in [4.78, 5) is 19.0. The molecule has 0 spiro atoms. The number of carbonyl (C=O) groups excluding carboxylic acids is 1. The quantitative estimate of drug-likeness (QED) is 0.901. The Kier molecular flexibility index (Phi) is 4.22. The van der Waals surface area contributed by atoms with E-state index < -0.39 is 5.60 Å². The van der Waals surface area contributed by atoms with Gasteiger partial charge in [0, 0.05) is 25.0 Å². The Morgan fingerprint density at radius 3 is 2.80 bits per heavy atom. The van der Waals surface area contributed by atoms with Crippen LogP contribution in [0.2, 0.25) is 0 Å². The van der Waals surface area contributed by atoms with E-state index in [0.717, 1.165) is 44.2 Å². The fraction of sp³-hybridized carbons (Fsp3) is 0.833. The minimum atomic E-state index is -0.457. The summed E-state index contributed by atoms with van der Waals surface area (Å²) in [5, 5.41) is 7.21. The van der Waals surface area contributed by atoms with E-state index in [1.54, 1.807) is 0 Å². The van der Waals surface area contributed by atoms with Gasteiger partial charge in [-0.15, -0.1) is 0 Å². The maximum absolute atomic E-state index is 12.1. The SMILES string of the molecule is CC(C)(C)OC(=O)N[C@@H]1CC[C@H]2CN(Cc3noc(C4CC4)n3)C[C@@H]21. The molecule has 1 aromatic rings. The second kappa shape index (κ2) is 6.27. The van der Waals surface area contributed by atoms with Gasteiger partial charge in [-0.3, -0.25) is 4.90 Å². The first-order chi connectivity index (χ1) is 11.9. The summed E-state index contributed by atoms with van der Waals surface area (Å²) in [6.07, 6.45) is 4.24. The molecule has 1 saturated heterocycles. The van der Waals surface area contributed by atoms with Crippen molar-refractivity contribution < 1.29 is 14.1 Å². The van der Waals surface area contributed by atoms with Crippen LogP contribution >= 0.6 is 0 Å². The van der Waals surface area contributed by atoms with Crippen molar-refractivity contribution in [3.63, 3.8) is 0 Å². The van der Waals surface area contributed by atoms with Crippen LogP contribution in [-0.4, -0.2) is 45.9 Å². The Morgan fingerprint density at radius 2 is 2.08 bits per heavy atom. The van der Waals surface area contributed by atoms with Gasteiger partial charge in [-0.2, -0.15) is 4.98 Å². The number of amides is 1. The molecule has 3 aliphatic rings. The van der Waals surface area contributed by atoms with Gasteiger partial charge in [0.05, 0.1) is 6.54 Å². The normalized spacial score (nSPS) is 29.6. The van der Waals surface area contributed by atoms with E-state index in [0.29, 0.717) is 17.8 Å². The highest BCUT2D eigenvalue weighted by Crippen LogP contribution is 2.40. The number of nitrogens with one attached hydrogen (secondary N) is 1. The summed E-state index contributed by atoms with van der Waals surface area (Å²) in [5.41, 5.74) is -0.457. The van der Waals surface area contributed by atoms with Gasteiger partial charge in [0.15, 0.2) is 5.82 Å². The van der Waals surface area contributed by atoms with Gasteiger partial charge < -0.3 is 14.6 Å². The fourth-order valence-electron chi connectivity index (χ4n) is 4.15. The monoisotopic (exact) mass is 348 g/mol. The molecular weight excluding hydrogens is 320 g/mol. The summed E-state index contributed by atoms with van der Waals surface area (Å²) in [6, 6.07) is 0.206. The smallest absolute Gasteiger partial charge is 0.407 e. The van der Waals surface area contributed by atoms with Gasteiger partial charge in [-0.1, -0.05) is 5.16 Å². The lowest BCUT2D eigenvalue weighted by atomic mass is 9.98. The van der Waals surface area contributed by atoms with E-state index in [9.17, 15) is 4.79 Å². The predicted molar refractivity (Wildman–Crippen MR) is 90.9 cm³/mol. The maximum atomic E-state index is 12.1. The Balaban J connectivity index is 1.30. The summed E-state index contributed by atoms with van der Waals surface area (Å²) >= 11 is 0. The van der Waals surface area contributed by atoms with Gasteiger partial charge in [-0.05, 0) is 58.3 Å². The molecule has 2 aliphatic carbocycles. The van der Waals surface area contributed by atoms with E-state index in [2.05, 4.69) is 20.4 Å². The molecule has 1 aliphatic heterocycles. The number of rotatable bonds is 4. The molecule has 138 valence electrons. The Hall–Kier alpha value is -1.63. The molecule has 3 atom stereocenters. The zero-order chi connectivity index (χ0) is 17.6. The van der Waals surface area contributed by atoms with Crippen molar-refractivity contribution in [3.8, 4) is 0 Å². The molecule has 25 heavy (non-hydrogen) atoms. The minimum Gasteiger partial charge on any atom is -0.444 e. The molecule has 2 saturated carbocycles. The zero-order valence-electron chi connectivity index (χ0n) is 15.3. The summed E-state index contributed by atoms with van der Waals surface area (Å²) < 4.78 is 10.8. The highest BCUT2D eigenvalue weighted by Gasteiger charge is 2.43. The van der Waals surface area contributed by atoms with Gasteiger partial charge in [0.1, 0.15) is 5.60 Å². The predicted octanol–water partition coefficient (Wildman–Crippen LogP) is 2.68. The number of alkyl carbamates (subject to hydrolysis) is 1. The first-order valence-corrected chi connectivity index (χ1v) is 9.42. The summed E-state index contributed by atoms with van der Waals surface area (Å²) in [7, 11) is 0. The largest absolute Gasteiger partial charge is 0.444 e. The third-order valence-electron chi connectivity index (χ3n) is 5.41. The Bertz CT molecular complexity index is 635. The van der Waals surface area contributed by atoms with Crippen molar-refractivity contribution in [1.29, 1.82) is 0 Å². The number of nitrogens with zero attached hydrogens (tertiary/aromatic N) is 3. The lowest BCUT2D eigenvalue weighted by molar-refractivity contribution is 0.0491. The average molecular weight is 348 g/mol. The number of aromatic nitrogens is 2. The number of ether oxygens (including phenoxy) is 1. The molecule has 1 aromatic heterocycles. The van der Waals surface area contributed by atoms with E-state index in [1.807, 2.05) is 20.8 Å². The Morgan fingerprint density at radius 1 is 1.28 bits per heavy atom.